The van der Waals surface area contributed by atoms with Gasteiger partial charge in [0.2, 0.25) is 0 Å². The molecule has 61 heavy (non-hydrogen) atoms. The zero-order valence-electron chi connectivity index (χ0n) is 34.0. The van der Waals surface area contributed by atoms with Crippen LogP contribution in [0.1, 0.15) is 23.6 Å². The quantitative estimate of drug-likeness (QED) is 0.149. The molecule has 1 aliphatic carbocycles. The van der Waals surface area contributed by atoms with Gasteiger partial charge in [-0.25, -0.2) is 0 Å². The first-order chi connectivity index (χ1) is 30.2. The smallest absolute Gasteiger partial charge is 0.0543 e. The molecule has 0 saturated carbocycles. The first-order valence-corrected chi connectivity index (χ1v) is 21.2. The Bertz CT molecular complexity index is 3200. The molecule has 0 amide bonds. The number of anilines is 3. The Balaban J connectivity index is 1.15. The van der Waals surface area contributed by atoms with Gasteiger partial charge in [0.1, 0.15) is 0 Å². The first kappa shape index (κ1) is 36.3. The molecule has 0 radical (unpaired) electrons. The molecule has 11 rings (SSSR count). The summed E-state index contributed by atoms with van der Waals surface area (Å²) in [6.45, 7) is 2.40. The summed E-state index contributed by atoms with van der Waals surface area (Å²) in [6.07, 6.45) is 0. The maximum Gasteiger partial charge on any atom is 0.0543 e. The fraction of sp³-hybridized carbons (Fsp3) is 0.0333. The second kappa shape index (κ2) is 15.1. The molecule has 0 fully saturated rings. The Morgan fingerprint density at radius 1 is 0.295 bits per heavy atom. The van der Waals surface area contributed by atoms with Gasteiger partial charge in [-0.3, -0.25) is 0 Å². The maximum absolute atomic E-state index is 2.54. The number of benzene rings is 10. The third-order valence-electron chi connectivity index (χ3n) is 12.8. The molecule has 0 aliphatic heterocycles. The molecule has 1 heteroatoms. The van der Waals surface area contributed by atoms with E-state index in [-0.39, 0.29) is 5.41 Å². The van der Waals surface area contributed by atoms with Gasteiger partial charge in [-0.05, 0) is 97.6 Å². The first-order valence-electron chi connectivity index (χ1n) is 21.2. The summed E-state index contributed by atoms with van der Waals surface area (Å²) in [5.41, 5.74) is 19.0. The van der Waals surface area contributed by atoms with E-state index in [9.17, 15) is 0 Å². The third kappa shape index (κ3) is 6.17. The Morgan fingerprint density at radius 2 is 0.787 bits per heavy atom. The maximum atomic E-state index is 2.54. The third-order valence-corrected chi connectivity index (χ3v) is 12.8. The van der Waals surface area contributed by atoms with Gasteiger partial charge in [-0.2, -0.15) is 0 Å². The van der Waals surface area contributed by atoms with E-state index in [1.54, 1.807) is 0 Å². The van der Waals surface area contributed by atoms with Gasteiger partial charge >= 0.3 is 0 Å². The minimum absolute atomic E-state index is 0.341. The van der Waals surface area contributed by atoms with Gasteiger partial charge in [0, 0.05) is 22.1 Å². The molecule has 0 aromatic heterocycles. The molecule has 0 spiro atoms. The van der Waals surface area contributed by atoms with Crippen molar-refractivity contribution in [3.05, 3.63) is 259 Å². The summed E-state index contributed by atoms with van der Waals surface area (Å²) in [4.78, 5) is 2.54. The zero-order valence-corrected chi connectivity index (χ0v) is 34.0. The predicted octanol–water partition coefficient (Wildman–Crippen LogP) is 16.3. The molecule has 1 aliphatic rings. The highest BCUT2D eigenvalue weighted by molar-refractivity contribution is 6.02. The number of nitrogens with zero attached hydrogens (tertiary/aromatic N) is 1. The highest BCUT2D eigenvalue weighted by Gasteiger charge is 2.42. The van der Waals surface area contributed by atoms with Crippen molar-refractivity contribution < 1.29 is 0 Å². The molecular formula is C60H43N. The summed E-state index contributed by atoms with van der Waals surface area (Å²) in [6, 6.07) is 88.8. The number of fused-ring (bicyclic) bond motifs is 4. The number of hydrogen-bond donors (Lipinski definition) is 0. The molecule has 0 saturated heterocycles. The van der Waals surface area contributed by atoms with Gasteiger partial charge in [-0.15, -0.1) is 0 Å². The van der Waals surface area contributed by atoms with Crippen molar-refractivity contribution in [1.29, 1.82) is 0 Å². The summed E-state index contributed by atoms with van der Waals surface area (Å²) in [5.74, 6) is 0. The van der Waals surface area contributed by atoms with E-state index in [0.717, 1.165) is 33.8 Å². The minimum Gasteiger partial charge on any atom is -0.309 e. The Kier molecular flexibility index (Phi) is 9.02. The molecule has 0 N–H and O–H groups in total. The molecule has 1 unspecified atom stereocenters. The zero-order chi connectivity index (χ0) is 40.8. The van der Waals surface area contributed by atoms with E-state index in [0.29, 0.717) is 0 Å². The average Bonchev–Trinajstić information content (AvgIpc) is 3.61. The van der Waals surface area contributed by atoms with Crippen LogP contribution in [0, 0.1) is 0 Å². The van der Waals surface area contributed by atoms with Crippen LogP contribution in [0.3, 0.4) is 0 Å². The molecule has 10 aromatic rings. The van der Waals surface area contributed by atoms with E-state index >= 15 is 0 Å². The molecule has 0 bridgehead atoms. The second-order valence-corrected chi connectivity index (χ2v) is 16.2. The highest BCUT2D eigenvalue weighted by Crippen LogP contribution is 2.58. The van der Waals surface area contributed by atoms with Crippen LogP contribution in [-0.2, 0) is 5.41 Å². The fourth-order valence-corrected chi connectivity index (χ4v) is 9.79. The lowest BCUT2D eigenvalue weighted by Gasteiger charge is -2.33. The van der Waals surface area contributed by atoms with Gasteiger partial charge in [0.05, 0.1) is 17.1 Å². The number of rotatable bonds is 8. The largest absolute Gasteiger partial charge is 0.309 e. The van der Waals surface area contributed by atoms with Crippen molar-refractivity contribution in [3.63, 3.8) is 0 Å². The molecule has 1 nitrogen and oxygen atoms in total. The van der Waals surface area contributed by atoms with Crippen molar-refractivity contribution in [2.45, 2.75) is 12.3 Å². The average molecular weight is 778 g/mol. The van der Waals surface area contributed by atoms with E-state index < -0.39 is 0 Å². The lowest BCUT2D eigenvalue weighted by Crippen LogP contribution is -2.22. The number of hydrogen-bond acceptors (Lipinski definition) is 1. The van der Waals surface area contributed by atoms with Crippen LogP contribution >= 0.6 is 0 Å². The SMILES string of the molecule is CC1(c2ccccc2)c2ccccc2-c2c(N(c3ccccc3-c3ccc(-c4ccc5ccccc5c4)cc3)c3ccccc3-c3ccccc3-c3ccccc3)cccc21. The predicted molar refractivity (Wildman–Crippen MR) is 258 cm³/mol. The van der Waals surface area contributed by atoms with Crippen LogP contribution in [-0.4, -0.2) is 0 Å². The minimum atomic E-state index is -0.341. The summed E-state index contributed by atoms with van der Waals surface area (Å²) in [7, 11) is 0. The summed E-state index contributed by atoms with van der Waals surface area (Å²) >= 11 is 0. The molecule has 10 aromatic carbocycles. The highest BCUT2D eigenvalue weighted by atomic mass is 15.2. The van der Waals surface area contributed by atoms with Crippen molar-refractivity contribution in [3.8, 4) is 55.6 Å². The van der Waals surface area contributed by atoms with Crippen LogP contribution in [0.5, 0.6) is 0 Å². The molecule has 0 heterocycles. The van der Waals surface area contributed by atoms with Crippen molar-refractivity contribution in [1.82, 2.24) is 0 Å². The van der Waals surface area contributed by atoms with Crippen LogP contribution in [0.15, 0.2) is 243 Å². The standard InChI is InChI=1S/C60H43N/c1-60(48-23-6-3-7-24-48)54-30-15-12-29-53(54)59-55(60)31-18-34-58(59)61(57-33-17-14-28-52(57)51-27-11-10-25-49(51)44-20-4-2-5-21-44)56-32-16-13-26-50(56)45-38-35-43(36-39-45)47-40-37-42-19-8-9-22-46(42)41-47/h2-41H,1H3. The van der Waals surface area contributed by atoms with Crippen LogP contribution in [0.4, 0.5) is 17.1 Å². The summed E-state index contributed by atoms with van der Waals surface area (Å²) in [5, 5.41) is 2.50. The molecule has 288 valence electrons. The van der Waals surface area contributed by atoms with Gasteiger partial charge in [0.25, 0.3) is 0 Å². The normalized spacial score (nSPS) is 14.0. The van der Waals surface area contributed by atoms with Crippen LogP contribution in [0.2, 0.25) is 0 Å². The molecule has 1 atom stereocenters. The Labute approximate surface area is 358 Å². The fourth-order valence-electron chi connectivity index (χ4n) is 9.79. The van der Waals surface area contributed by atoms with E-state index in [2.05, 4.69) is 254 Å². The van der Waals surface area contributed by atoms with Gasteiger partial charge in [-0.1, -0.05) is 218 Å². The van der Waals surface area contributed by atoms with Gasteiger partial charge < -0.3 is 4.90 Å². The lowest BCUT2D eigenvalue weighted by molar-refractivity contribution is 0.714. The van der Waals surface area contributed by atoms with E-state index in [1.165, 1.54) is 66.4 Å². The van der Waals surface area contributed by atoms with Crippen molar-refractivity contribution in [2.24, 2.45) is 0 Å². The van der Waals surface area contributed by atoms with Crippen LogP contribution in [0.25, 0.3) is 66.4 Å². The Morgan fingerprint density at radius 3 is 1.54 bits per heavy atom. The molecular weight excluding hydrogens is 735 g/mol. The Hall–Kier alpha value is -7.74. The van der Waals surface area contributed by atoms with E-state index in [1.807, 2.05) is 0 Å². The topological polar surface area (TPSA) is 3.24 Å². The number of para-hydroxylation sites is 2. The van der Waals surface area contributed by atoms with Crippen molar-refractivity contribution >= 4 is 27.8 Å². The lowest BCUT2D eigenvalue weighted by atomic mass is 9.74. The monoisotopic (exact) mass is 777 g/mol. The van der Waals surface area contributed by atoms with Crippen molar-refractivity contribution in [2.75, 3.05) is 4.90 Å². The second-order valence-electron chi connectivity index (χ2n) is 16.2. The van der Waals surface area contributed by atoms with Crippen LogP contribution < -0.4 is 4.90 Å². The summed E-state index contributed by atoms with van der Waals surface area (Å²) < 4.78 is 0. The van der Waals surface area contributed by atoms with Gasteiger partial charge in [0.15, 0.2) is 0 Å². The van der Waals surface area contributed by atoms with E-state index in [4.69, 9.17) is 0 Å².